The van der Waals surface area contributed by atoms with E-state index in [4.69, 9.17) is 27.9 Å². The van der Waals surface area contributed by atoms with Gasteiger partial charge in [0.2, 0.25) is 11.8 Å². The predicted octanol–water partition coefficient (Wildman–Crippen LogP) is 5.53. The molecule has 0 fully saturated rings. The summed E-state index contributed by atoms with van der Waals surface area (Å²) in [6, 6.07) is 18.4. The van der Waals surface area contributed by atoms with Gasteiger partial charge in [0.05, 0.1) is 27.7 Å². The molecule has 8 nitrogen and oxygen atoms in total. The second-order valence-corrected chi connectivity index (χ2v) is 11.7. The smallest absolute Gasteiger partial charge is 0.264 e. The summed E-state index contributed by atoms with van der Waals surface area (Å²) in [7, 11) is -2.70. The van der Waals surface area contributed by atoms with Gasteiger partial charge in [0.1, 0.15) is 18.3 Å². The van der Waals surface area contributed by atoms with E-state index in [1.165, 1.54) is 24.1 Å². The first-order valence-corrected chi connectivity index (χ1v) is 15.0. The highest BCUT2D eigenvalue weighted by Gasteiger charge is 2.33. The van der Waals surface area contributed by atoms with Crippen molar-refractivity contribution in [3.05, 3.63) is 88.4 Å². The Kier molecular flexibility index (Phi) is 11.2. The fourth-order valence-corrected chi connectivity index (χ4v) is 5.88. The lowest BCUT2D eigenvalue weighted by atomic mass is 10.1. The first kappa shape index (κ1) is 31.3. The van der Waals surface area contributed by atoms with Crippen LogP contribution in [0.25, 0.3) is 0 Å². The molecule has 0 aliphatic carbocycles. The van der Waals surface area contributed by atoms with Gasteiger partial charge in [0, 0.05) is 19.2 Å². The number of carbonyl (C=O) groups is 2. The summed E-state index contributed by atoms with van der Waals surface area (Å²) in [6.07, 6.45) is 1.04. The lowest BCUT2D eigenvalue weighted by Crippen LogP contribution is -2.52. The van der Waals surface area contributed by atoms with Crippen LogP contribution in [0.2, 0.25) is 10.0 Å². The van der Waals surface area contributed by atoms with Crippen LogP contribution in [0.3, 0.4) is 0 Å². The number of halogens is 2. The number of nitrogens with zero attached hydrogens (tertiary/aromatic N) is 2. The van der Waals surface area contributed by atoms with Crippen molar-refractivity contribution in [2.24, 2.45) is 0 Å². The third kappa shape index (κ3) is 7.68. The molecule has 0 saturated heterocycles. The summed E-state index contributed by atoms with van der Waals surface area (Å²) in [5.41, 5.74) is 0.887. The molecule has 2 amide bonds. The van der Waals surface area contributed by atoms with Crippen LogP contribution in [0.1, 0.15) is 32.3 Å². The van der Waals surface area contributed by atoms with Crippen molar-refractivity contribution >= 4 is 50.7 Å². The van der Waals surface area contributed by atoms with Crippen LogP contribution < -0.4 is 14.4 Å². The normalized spacial score (nSPS) is 11.9. The minimum Gasteiger partial charge on any atom is -0.497 e. The van der Waals surface area contributed by atoms with Crippen LogP contribution >= 0.6 is 23.2 Å². The summed E-state index contributed by atoms with van der Waals surface area (Å²) in [6.45, 7) is 3.64. The number of hydrogen-bond donors (Lipinski definition) is 1. The molecule has 40 heavy (non-hydrogen) atoms. The second-order valence-electron chi connectivity index (χ2n) is 9.01. The number of ether oxygens (including phenoxy) is 1. The van der Waals surface area contributed by atoms with Gasteiger partial charge < -0.3 is 15.0 Å². The average Bonchev–Trinajstić information content (AvgIpc) is 2.96. The lowest BCUT2D eigenvalue weighted by molar-refractivity contribution is -0.140. The van der Waals surface area contributed by atoms with E-state index in [2.05, 4.69) is 5.32 Å². The van der Waals surface area contributed by atoms with Crippen molar-refractivity contribution < 1.29 is 22.7 Å². The van der Waals surface area contributed by atoms with Crippen molar-refractivity contribution in [3.8, 4) is 5.75 Å². The number of methoxy groups -OCH3 is 1. The summed E-state index contributed by atoms with van der Waals surface area (Å²) in [4.78, 5) is 28.6. The van der Waals surface area contributed by atoms with Crippen LogP contribution in [0.4, 0.5) is 5.69 Å². The van der Waals surface area contributed by atoms with Crippen LogP contribution in [0.5, 0.6) is 5.75 Å². The van der Waals surface area contributed by atoms with Crippen LogP contribution in [-0.2, 0) is 26.2 Å². The predicted molar refractivity (Wildman–Crippen MR) is 158 cm³/mol. The highest BCUT2D eigenvalue weighted by molar-refractivity contribution is 7.92. The fourth-order valence-electron chi connectivity index (χ4n) is 4.13. The summed E-state index contributed by atoms with van der Waals surface area (Å²) >= 11 is 12.3. The van der Waals surface area contributed by atoms with E-state index < -0.39 is 28.5 Å². The standard InChI is InChI=1S/C29H33Cl2N3O5S/c1-4-16-32-29(36)27(5-2)33(19-21-14-15-25(30)26(31)17-21)28(35)20-34(22-10-9-11-23(18-22)39-3)40(37,38)24-12-7-6-8-13-24/h6-15,17-18,27H,4-5,16,19-20H2,1-3H3,(H,32,36)/t27-/m1/s1. The molecule has 3 rings (SSSR count). The molecule has 0 radical (unpaired) electrons. The first-order valence-electron chi connectivity index (χ1n) is 12.8. The number of sulfonamides is 1. The minimum absolute atomic E-state index is 0.0190. The maximum Gasteiger partial charge on any atom is 0.264 e. The first-order chi connectivity index (χ1) is 19.1. The molecule has 1 N–H and O–H groups in total. The molecule has 0 heterocycles. The lowest BCUT2D eigenvalue weighted by Gasteiger charge is -2.33. The van der Waals surface area contributed by atoms with E-state index in [-0.39, 0.29) is 23.0 Å². The van der Waals surface area contributed by atoms with Gasteiger partial charge in [0.15, 0.2) is 0 Å². The Labute approximate surface area is 245 Å². The molecular formula is C29H33Cl2N3O5S. The van der Waals surface area contributed by atoms with Crippen molar-refractivity contribution in [2.45, 2.75) is 44.2 Å². The highest BCUT2D eigenvalue weighted by Crippen LogP contribution is 2.28. The van der Waals surface area contributed by atoms with Gasteiger partial charge in [-0.25, -0.2) is 8.42 Å². The van der Waals surface area contributed by atoms with Gasteiger partial charge >= 0.3 is 0 Å². The minimum atomic E-state index is -4.17. The molecule has 1 atom stereocenters. The van der Waals surface area contributed by atoms with E-state index in [0.29, 0.717) is 34.3 Å². The quantitative estimate of drug-likeness (QED) is 0.276. The Balaban J connectivity index is 2.07. The van der Waals surface area contributed by atoms with Gasteiger partial charge in [-0.05, 0) is 54.8 Å². The molecule has 0 saturated carbocycles. The Morgan fingerprint density at radius 3 is 2.30 bits per heavy atom. The molecule has 0 bridgehead atoms. The van der Waals surface area contributed by atoms with Gasteiger partial charge in [0.25, 0.3) is 10.0 Å². The maximum atomic E-state index is 14.0. The van der Waals surface area contributed by atoms with Crippen LogP contribution in [0.15, 0.2) is 77.7 Å². The highest BCUT2D eigenvalue weighted by atomic mass is 35.5. The molecular weight excluding hydrogens is 573 g/mol. The van der Waals surface area contributed by atoms with Crippen LogP contribution in [-0.4, -0.2) is 51.4 Å². The van der Waals surface area contributed by atoms with Gasteiger partial charge in [-0.2, -0.15) is 0 Å². The molecule has 214 valence electrons. The number of anilines is 1. The van der Waals surface area contributed by atoms with Crippen molar-refractivity contribution in [1.82, 2.24) is 10.2 Å². The number of nitrogens with one attached hydrogen (secondary N) is 1. The molecule has 0 aliphatic heterocycles. The average molecular weight is 607 g/mol. The summed E-state index contributed by atoms with van der Waals surface area (Å²) in [5, 5.41) is 3.51. The van der Waals surface area contributed by atoms with Gasteiger partial charge in [-0.1, -0.05) is 67.4 Å². The molecule has 0 aromatic heterocycles. The molecule has 3 aromatic rings. The summed E-state index contributed by atoms with van der Waals surface area (Å²) in [5.74, 6) is -0.459. The summed E-state index contributed by atoms with van der Waals surface area (Å²) < 4.78 is 34.0. The largest absolute Gasteiger partial charge is 0.497 e. The van der Waals surface area contributed by atoms with E-state index in [1.54, 1.807) is 67.6 Å². The van der Waals surface area contributed by atoms with Crippen molar-refractivity contribution in [1.29, 1.82) is 0 Å². The second kappa shape index (κ2) is 14.4. The zero-order valence-electron chi connectivity index (χ0n) is 22.6. The van der Waals surface area contributed by atoms with Gasteiger partial charge in [-0.15, -0.1) is 0 Å². The Bertz CT molecular complexity index is 1420. The SMILES string of the molecule is CCCNC(=O)[C@@H](CC)N(Cc1ccc(Cl)c(Cl)c1)C(=O)CN(c1cccc(OC)c1)S(=O)(=O)c1ccccc1. The molecule has 11 heteroatoms. The maximum absolute atomic E-state index is 14.0. The van der Waals surface area contributed by atoms with E-state index in [0.717, 1.165) is 10.7 Å². The van der Waals surface area contributed by atoms with Crippen molar-refractivity contribution in [2.75, 3.05) is 24.5 Å². The number of rotatable bonds is 13. The monoisotopic (exact) mass is 605 g/mol. The third-order valence-electron chi connectivity index (χ3n) is 6.22. The Morgan fingerprint density at radius 1 is 0.950 bits per heavy atom. The van der Waals surface area contributed by atoms with Crippen molar-refractivity contribution in [3.63, 3.8) is 0 Å². The number of carbonyl (C=O) groups excluding carboxylic acids is 2. The zero-order valence-corrected chi connectivity index (χ0v) is 25.0. The van der Waals surface area contributed by atoms with E-state index >= 15 is 0 Å². The van der Waals surface area contributed by atoms with E-state index in [1.807, 2.05) is 6.92 Å². The van der Waals surface area contributed by atoms with E-state index in [9.17, 15) is 18.0 Å². The van der Waals surface area contributed by atoms with Gasteiger partial charge in [-0.3, -0.25) is 13.9 Å². The van der Waals surface area contributed by atoms with Crippen LogP contribution in [0, 0.1) is 0 Å². The molecule has 0 aliphatic rings. The topological polar surface area (TPSA) is 96.0 Å². The number of amides is 2. The Morgan fingerprint density at radius 2 is 1.68 bits per heavy atom. The molecule has 3 aromatic carbocycles. The third-order valence-corrected chi connectivity index (χ3v) is 8.75. The Hall–Kier alpha value is -3.27. The number of hydrogen-bond acceptors (Lipinski definition) is 5. The number of benzene rings is 3. The zero-order chi connectivity index (χ0) is 29.3. The molecule has 0 spiro atoms. The fraction of sp³-hybridized carbons (Fsp3) is 0.310. The molecule has 0 unspecified atom stereocenters.